The van der Waals surface area contributed by atoms with Gasteiger partial charge in [0.2, 0.25) is 0 Å². The molecule has 98 valence electrons. The number of para-hydroxylation sites is 1. The van der Waals surface area contributed by atoms with Crippen molar-refractivity contribution in [1.82, 2.24) is 4.90 Å². The molecular weight excluding hydrogens is 228 g/mol. The molecule has 0 atom stereocenters. The maximum Gasteiger partial charge on any atom is 0.324 e. The van der Waals surface area contributed by atoms with Crippen molar-refractivity contribution in [2.24, 2.45) is 0 Å². The number of carbonyl (C=O) groups excluding carboxylic acids is 1. The highest BCUT2D eigenvalue weighted by molar-refractivity contribution is 5.94. The average Bonchev–Trinajstić information content (AvgIpc) is 2.70. The fourth-order valence-electron chi connectivity index (χ4n) is 2.24. The summed E-state index contributed by atoms with van der Waals surface area (Å²) in [5.41, 5.74) is 1.57. The summed E-state index contributed by atoms with van der Waals surface area (Å²) in [6.45, 7) is 5.47. The van der Waals surface area contributed by atoms with E-state index >= 15 is 0 Å². The minimum atomic E-state index is -0.349. The van der Waals surface area contributed by atoms with Gasteiger partial charge in [-0.05, 0) is 11.6 Å². The number of aliphatic hydroxyl groups excluding tert-OH is 1. The third-order valence-electron chi connectivity index (χ3n) is 3.54. The van der Waals surface area contributed by atoms with E-state index in [1.807, 2.05) is 45.2 Å². The lowest BCUT2D eigenvalue weighted by Gasteiger charge is -2.28. The van der Waals surface area contributed by atoms with Crippen molar-refractivity contribution in [3.63, 3.8) is 0 Å². The maximum atomic E-state index is 12.1. The normalized spacial score (nSPS) is 16.6. The zero-order valence-electron chi connectivity index (χ0n) is 11.2. The molecule has 0 unspecified atom stereocenters. The molecule has 1 saturated heterocycles. The zero-order chi connectivity index (χ0) is 13.3. The molecule has 0 aromatic heterocycles. The Morgan fingerprint density at radius 1 is 1.28 bits per heavy atom. The second-order valence-electron chi connectivity index (χ2n) is 5.41. The summed E-state index contributed by atoms with van der Waals surface area (Å²) in [5.74, 6) is 0. The van der Waals surface area contributed by atoms with Crippen molar-refractivity contribution in [1.29, 1.82) is 0 Å². The van der Waals surface area contributed by atoms with E-state index in [4.69, 9.17) is 0 Å². The predicted molar refractivity (Wildman–Crippen MR) is 71.9 cm³/mol. The van der Waals surface area contributed by atoms with Crippen LogP contribution in [0.2, 0.25) is 0 Å². The van der Waals surface area contributed by atoms with Crippen molar-refractivity contribution < 1.29 is 9.90 Å². The van der Waals surface area contributed by atoms with Gasteiger partial charge in [-0.3, -0.25) is 4.90 Å². The van der Waals surface area contributed by atoms with E-state index < -0.39 is 0 Å². The van der Waals surface area contributed by atoms with Gasteiger partial charge in [0.05, 0.1) is 6.61 Å². The molecule has 1 heterocycles. The van der Waals surface area contributed by atoms with Crippen LogP contribution in [-0.4, -0.2) is 42.8 Å². The average molecular weight is 248 g/mol. The van der Waals surface area contributed by atoms with Gasteiger partial charge < -0.3 is 10.0 Å². The monoisotopic (exact) mass is 248 g/mol. The number of anilines is 1. The first-order chi connectivity index (χ1) is 8.47. The Hall–Kier alpha value is -1.55. The van der Waals surface area contributed by atoms with Crippen LogP contribution in [0.4, 0.5) is 10.5 Å². The molecule has 1 N–H and O–H groups in total. The van der Waals surface area contributed by atoms with Gasteiger partial charge in [-0.15, -0.1) is 0 Å². The smallest absolute Gasteiger partial charge is 0.324 e. The molecule has 4 heteroatoms. The first-order valence-electron chi connectivity index (χ1n) is 6.20. The van der Waals surface area contributed by atoms with Gasteiger partial charge >= 0.3 is 6.03 Å². The first kappa shape index (κ1) is 12.9. The fourth-order valence-corrected chi connectivity index (χ4v) is 2.24. The maximum absolute atomic E-state index is 12.1. The number of urea groups is 1. The summed E-state index contributed by atoms with van der Waals surface area (Å²) >= 11 is 0. The number of nitrogens with zero attached hydrogens (tertiary/aromatic N) is 2. The van der Waals surface area contributed by atoms with E-state index in [0.717, 1.165) is 17.8 Å². The van der Waals surface area contributed by atoms with E-state index in [2.05, 4.69) is 0 Å². The van der Waals surface area contributed by atoms with Crippen molar-refractivity contribution in [3.05, 3.63) is 29.8 Å². The quantitative estimate of drug-likeness (QED) is 0.887. The van der Waals surface area contributed by atoms with E-state index in [9.17, 15) is 9.90 Å². The number of hydrogen-bond donors (Lipinski definition) is 1. The zero-order valence-corrected chi connectivity index (χ0v) is 11.2. The van der Waals surface area contributed by atoms with Crippen molar-refractivity contribution >= 4 is 11.7 Å². The Kier molecular flexibility index (Phi) is 3.30. The molecule has 0 aliphatic carbocycles. The lowest BCUT2D eigenvalue weighted by Crippen LogP contribution is -2.32. The number of benzene rings is 1. The van der Waals surface area contributed by atoms with Gasteiger partial charge in [0, 0.05) is 31.2 Å². The summed E-state index contributed by atoms with van der Waals surface area (Å²) in [5, 5.41) is 9.52. The van der Waals surface area contributed by atoms with Crippen LogP contribution in [0, 0.1) is 0 Å². The van der Waals surface area contributed by atoms with Gasteiger partial charge in [0.1, 0.15) is 0 Å². The fraction of sp³-hybridized carbons (Fsp3) is 0.500. The molecule has 18 heavy (non-hydrogen) atoms. The van der Waals surface area contributed by atoms with Crippen molar-refractivity contribution in [2.45, 2.75) is 19.3 Å². The SMILES string of the molecule is CN1CCN(c2ccccc2C(C)(C)CO)C1=O. The molecule has 2 rings (SSSR count). The van der Waals surface area contributed by atoms with E-state index in [-0.39, 0.29) is 18.1 Å². The van der Waals surface area contributed by atoms with Crippen LogP contribution in [0.5, 0.6) is 0 Å². The van der Waals surface area contributed by atoms with Crippen LogP contribution in [0.1, 0.15) is 19.4 Å². The molecule has 1 aromatic carbocycles. The summed E-state index contributed by atoms with van der Waals surface area (Å²) in [6, 6.07) is 7.83. The summed E-state index contributed by atoms with van der Waals surface area (Å²) in [7, 11) is 1.81. The molecule has 1 aliphatic rings. The summed E-state index contributed by atoms with van der Waals surface area (Å²) in [6.07, 6.45) is 0. The topological polar surface area (TPSA) is 43.8 Å². The number of carbonyl (C=O) groups is 1. The molecule has 0 bridgehead atoms. The number of rotatable bonds is 3. The third-order valence-corrected chi connectivity index (χ3v) is 3.54. The van der Waals surface area contributed by atoms with Gasteiger partial charge in [-0.2, -0.15) is 0 Å². The Labute approximate surface area is 108 Å². The molecule has 0 saturated carbocycles. The Morgan fingerprint density at radius 3 is 2.50 bits per heavy atom. The van der Waals surface area contributed by atoms with E-state index in [1.54, 1.807) is 9.80 Å². The highest BCUT2D eigenvalue weighted by Crippen LogP contribution is 2.33. The highest BCUT2D eigenvalue weighted by atomic mass is 16.3. The first-order valence-corrected chi connectivity index (χ1v) is 6.20. The summed E-state index contributed by atoms with van der Waals surface area (Å²) < 4.78 is 0. The standard InChI is InChI=1S/C14H20N2O2/c1-14(2,10-17)11-6-4-5-7-12(11)16-9-8-15(3)13(16)18/h4-7,17H,8-10H2,1-3H3. The Morgan fingerprint density at radius 2 is 1.94 bits per heavy atom. The van der Waals surface area contributed by atoms with Gasteiger partial charge in [-0.25, -0.2) is 4.79 Å². The third kappa shape index (κ3) is 2.08. The Balaban J connectivity index is 2.43. The minimum Gasteiger partial charge on any atom is -0.395 e. The molecule has 0 spiro atoms. The second kappa shape index (κ2) is 4.61. The molecule has 1 aliphatic heterocycles. The lowest BCUT2D eigenvalue weighted by molar-refractivity contribution is 0.218. The van der Waals surface area contributed by atoms with Gasteiger partial charge in [0.25, 0.3) is 0 Å². The molecule has 4 nitrogen and oxygen atoms in total. The Bertz CT molecular complexity index is 457. The van der Waals surface area contributed by atoms with Crippen LogP contribution in [0.25, 0.3) is 0 Å². The van der Waals surface area contributed by atoms with E-state index in [0.29, 0.717) is 6.54 Å². The minimum absolute atomic E-state index is 0.0242. The number of aliphatic hydroxyl groups is 1. The molecule has 1 fully saturated rings. The molecule has 0 radical (unpaired) electrons. The molecule has 1 aromatic rings. The van der Waals surface area contributed by atoms with Crippen LogP contribution in [0.3, 0.4) is 0 Å². The van der Waals surface area contributed by atoms with Crippen molar-refractivity contribution in [2.75, 3.05) is 31.6 Å². The molecule has 2 amide bonds. The highest BCUT2D eigenvalue weighted by Gasteiger charge is 2.31. The second-order valence-corrected chi connectivity index (χ2v) is 5.41. The summed E-state index contributed by atoms with van der Waals surface area (Å²) in [4.78, 5) is 15.6. The lowest BCUT2D eigenvalue weighted by atomic mass is 9.84. The van der Waals surface area contributed by atoms with Crippen LogP contribution in [0.15, 0.2) is 24.3 Å². The number of likely N-dealkylation sites (N-methyl/N-ethyl adjacent to an activating group) is 1. The van der Waals surface area contributed by atoms with Gasteiger partial charge in [-0.1, -0.05) is 32.0 Å². The van der Waals surface area contributed by atoms with E-state index in [1.165, 1.54) is 0 Å². The predicted octanol–water partition coefficient (Wildman–Crippen LogP) is 1.83. The van der Waals surface area contributed by atoms with Crippen LogP contribution in [-0.2, 0) is 5.41 Å². The van der Waals surface area contributed by atoms with Crippen LogP contribution < -0.4 is 4.90 Å². The number of amides is 2. The van der Waals surface area contributed by atoms with Crippen molar-refractivity contribution in [3.8, 4) is 0 Å². The molecular formula is C14H20N2O2. The van der Waals surface area contributed by atoms with Crippen LogP contribution >= 0.6 is 0 Å². The van der Waals surface area contributed by atoms with Gasteiger partial charge in [0.15, 0.2) is 0 Å². The number of hydrogen-bond acceptors (Lipinski definition) is 2. The largest absolute Gasteiger partial charge is 0.395 e.